The highest BCUT2D eigenvalue weighted by atomic mass is 16.6. The van der Waals surface area contributed by atoms with Crippen LogP contribution in [0.5, 0.6) is 5.75 Å². The lowest BCUT2D eigenvalue weighted by Gasteiger charge is -2.23. The van der Waals surface area contributed by atoms with Gasteiger partial charge in [0.2, 0.25) is 0 Å². The standard InChI is InChI=1S/C26H25N3O6/c1-16(2)24(28-26(31)35-18-13-11-17(12-14-18)29(32)33)27-25(30)34-15-23-21-9-5-3-7-19(21)20-8-4-6-10-22(20)23/h3-14,16,23-24H,15H2,1-2H3,(H,27,30)(H,28,31)/t24-/m0/s1. The molecular formula is C26H25N3O6. The summed E-state index contributed by atoms with van der Waals surface area (Å²) in [7, 11) is 0. The van der Waals surface area contributed by atoms with Crippen LogP contribution in [0.15, 0.2) is 72.8 Å². The maximum Gasteiger partial charge on any atom is 0.414 e. The van der Waals surface area contributed by atoms with E-state index in [0.717, 1.165) is 22.3 Å². The number of rotatable bonds is 7. The Morgan fingerprint density at radius 2 is 1.43 bits per heavy atom. The summed E-state index contributed by atoms with van der Waals surface area (Å²) in [5.41, 5.74) is 4.36. The van der Waals surface area contributed by atoms with Crippen molar-refractivity contribution in [2.75, 3.05) is 6.61 Å². The fourth-order valence-corrected chi connectivity index (χ4v) is 4.04. The molecule has 0 fully saturated rings. The van der Waals surface area contributed by atoms with Gasteiger partial charge in [-0.2, -0.15) is 0 Å². The van der Waals surface area contributed by atoms with Crippen molar-refractivity contribution in [1.82, 2.24) is 10.6 Å². The second kappa shape index (κ2) is 10.3. The second-order valence-corrected chi connectivity index (χ2v) is 8.48. The van der Waals surface area contributed by atoms with Gasteiger partial charge in [0, 0.05) is 18.1 Å². The van der Waals surface area contributed by atoms with Crippen LogP contribution in [0.1, 0.15) is 30.9 Å². The first kappa shape index (κ1) is 23.7. The molecule has 0 aromatic heterocycles. The first-order valence-electron chi connectivity index (χ1n) is 11.2. The van der Waals surface area contributed by atoms with Crippen LogP contribution in [0.25, 0.3) is 11.1 Å². The number of hydrogen-bond acceptors (Lipinski definition) is 6. The molecule has 35 heavy (non-hydrogen) atoms. The van der Waals surface area contributed by atoms with Gasteiger partial charge in [0.1, 0.15) is 18.5 Å². The number of non-ortho nitro benzene ring substituents is 1. The van der Waals surface area contributed by atoms with Crippen molar-refractivity contribution in [2.24, 2.45) is 5.92 Å². The minimum Gasteiger partial charge on any atom is -0.449 e. The zero-order valence-corrected chi connectivity index (χ0v) is 19.3. The van der Waals surface area contributed by atoms with Crippen molar-refractivity contribution < 1.29 is 24.0 Å². The summed E-state index contributed by atoms with van der Waals surface area (Å²) in [5, 5.41) is 16.0. The summed E-state index contributed by atoms with van der Waals surface area (Å²) in [6, 6.07) is 21.2. The number of hydrogen-bond donors (Lipinski definition) is 2. The number of alkyl carbamates (subject to hydrolysis) is 1. The van der Waals surface area contributed by atoms with Crippen LogP contribution in [0.2, 0.25) is 0 Å². The molecule has 180 valence electrons. The Hall–Kier alpha value is -4.40. The molecule has 9 heteroatoms. The largest absolute Gasteiger partial charge is 0.449 e. The number of amides is 2. The summed E-state index contributed by atoms with van der Waals surface area (Å²) in [4.78, 5) is 35.1. The molecular weight excluding hydrogens is 450 g/mol. The fourth-order valence-electron chi connectivity index (χ4n) is 4.04. The van der Waals surface area contributed by atoms with Crippen molar-refractivity contribution in [3.05, 3.63) is 94.0 Å². The number of nitro benzene ring substituents is 1. The fraction of sp³-hybridized carbons (Fsp3) is 0.231. The maximum atomic E-state index is 12.6. The summed E-state index contributed by atoms with van der Waals surface area (Å²) >= 11 is 0. The molecule has 0 saturated heterocycles. The SMILES string of the molecule is CC(C)[C@@H](NC(=O)OCC1c2ccccc2-c2ccccc21)NC(=O)Oc1ccc([N+](=O)[O-])cc1. The lowest BCUT2D eigenvalue weighted by molar-refractivity contribution is -0.384. The van der Waals surface area contributed by atoms with E-state index in [2.05, 4.69) is 22.8 Å². The van der Waals surface area contributed by atoms with Crippen LogP contribution >= 0.6 is 0 Å². The van der Waals surface area contributed by atoms with Gasteiger partial charge in [-0.05, 0) is 40.3 Å². The van der Waals surface area contributed by atoms with Gasteiger partial charge in [-0.3, -0.25) is 10.1 Å². The molecule has 3 aromatic carbocycles. The number of carbonyl (C=O) groups is 2. The van der Waals surface area contributed by atoms with Crippen molar-refractivity contribution in [3.8, 4) is 16.9 Å². The van der Waals surface area contributed by atoms with Gasteiger partial charge in [-0.15, -0.1) is 0 Å². The van der Waals surface area contributed by atoms with E-state index < -0.39 is 23.3 Å². The van der Waals surface area contributed by atoms with E-state index >= 15 is 0 Å². The van der Waals surface area contributed by atoms with Crippen LogP contribution in [0, 0.1) is 16.0 Å². The summed E-state index contributed by atoms with van der Waals surface area (Å²) in [5.74, 6) is -0.109. The zero-order valence-electron chi connectivity index (χ0n) is 19.3. The molecule has 3 aromatic rings. The molecule has 9 nitrogen and oxygen atoms in total. The third-order valence-corrected chi connectivity index (χ3v) is 5.82. The quantitative estimate of drug-likeness (QED) is 0.275. The molecule has 4 rings (SSSR count). The molecule has 0 aliphatic heterocycles. The van der Waals surface area contributed by atoms with Gasteiger partial charge in [-0.25, -0.2) is 9.59 Å². The average Bonchev–Trinajstić information content (AvgIpc) is 3.16. The van der Waals surface area contributed by atoms with Gasteiger partial charge < -0.3 is 20.1 Å². The molecule has 2 amide bonds. The number of nitrogens with one attached hydrogen (secondary N) is 2. The van der Waals surface area contributed by atoms with Gasteiger partial charge in [0.25, 0.3) is 5.69 Å². The third kappa shape index (κ3) is 5.40. The highest BCUT2D eigenvalue weighted by Crippen LogP contribution is 2.44. The van der Waals surface area contributed by atoms with E-state index in [-0.39, 0.29) is 29.9 Å². The third-order valence-electron chi connectivity index (χ3n) is 5.82. The molecule has 1 aliphatic rings. The Morgan fingerprint density at radius 3 is 1.97 bits per heavy atom. The Morgan fingerprint density at radius 1 is 0.886 bits per heavy atom. The molecule has 1 atom stereocenters. The van der Waals surface area contributed by atoms with Crippen molar-refractivity contribution >= 4 is 17.9 Å². The number of nitro groups is 1. The van der Waals surface area contributed by atoms with Crippen LogP contribution < -0.4 is 15.4 Å². The molecule has 1 aliphatic carbocycles. The molecule has 0 radical (unpaired) electrons. The Bertz CT molecular complexity index is 1200. The number of benzene rings is 3. The van der Waals surface area contributed by atoms with Gasteiger partial charge >= 0.3 is 12.2 Å². The first-order valence-corrected chi connectivity index (χ1v) is 11.2. The van der Waals surface area contributed by atoms with E-state index in [1.165, 1.54) is 24.3 Å². The lowest BCUT2D eigenvalue weighted by atomic mass is 9.98. The minimum absolute atomic E-state index is 0.0780. The molecule has 0 unspecified atom stereocenters. The van der Waals surface area contributed by atoms with Gasteiger partial charge in [0.15, 0.2) is 0 Å². The van der Waals surface area contributed by atoms with Crippen LogP contribution in [0.4, 0.5) is 15.3 Å². The van der Waals surface area contributed by atoms with Crippen LogP contribution in [-0.4, -0.2) is 29.9 Å². The van der Waals surface area contributed by atoms with Crippen LogP contribution in [-0.2, 0) is 4.74 Å². The predicted molar refractivity (Wildman–Crippen MR) is 129 cm³/mol. The highest BCUT2D eigenvalue weighted by molar-refractivity contribution is 5.79. The first-order chi connectivity index (χ1) is 16.8. The average molecular weight is 476 g/mol. The van der Waals surface area contributed by atoms with E-state index in [1.54, 1.807) is 0 Å². The summed E-state index contributed by atoms with van der Waals surface area (Å²) < 4.78 is 10.7. The minimum atomic E-state index is -0.809. The topological polar surface area (TPSA) is 120 Å². The Kier molecular flexibility index (Phi) is 6.96. The van der Waals surface area contributed by atoms with Gasteiger partial charge in [0.05, 0.1) is 4.92 Å². The Labute approximate surface area is 202 Å². The molecule has 0 saturated carbocycles. The highest BCUT2D eigenvalue weighted by Gasteiger charge is 2.29. The van der Waals surface area contributed by atoms with Crippen molar-refractivity contribution in [3.63, 3.8) is 0 Å². The van der Waals surface area contributed by atoms with E-state index in [4.69, 9.17) is 9.47 Å². The number of ether oxygens (including phenoxy) is 2. The number of carbonyl (C=O) groups excluding carboxylic acids is 2. The number of fused-ring (bicyclic) bond motifs is 3. The second-order valence-electron chi connectivity index (χ2n) is 8.48. The lowest BCUT2D eigenvalue weighted by Crippen LogP contribution is -2.52. The Balaban J connectivity index is 1.34. The summed E-state index contributed by atoms with van der Waals surface area (Å²) in [6.45, 7) is 3.79. The van der Waals surface area contributed by atoms with Gasteiger partial charge in [-0.1, -0.05) is 62.4 Å². The smallest absolute Gasteiger partial charge is 0.414 e. The predicted octanol–water partition coefficient (Wildman–Crippen LogP) is 5.20. The molecule has 0 spiro atoms. The summed E-state index contributed by atoms with van der Waals surface area (Å²) in [6.07, 6.45) is -2.23. The monoisotopic (exact) mass is 475 g/mol. The van der Waals surface area contributed by atoms with Crippen molar-refractivity contribution in [2.45, 2.75) is 25.9 Å². The van der Waals surface area contributed by atoms with Crippen molar-refractivity contribution in [1.29, 1.82) is 0 Å². The molecule has 0 bridgehead atoms. The maximum absolute atomic E-state index is 12.6. The van der Waals surface area contributed by atoms with E-state index in [1.807, 2.05) is 50.2 Å². The molecule has 2 N–H and O–H groups in total. The molecule has 0 heterocycles. The zero-order chi connectivity index (χ0) is 24.9. The van der Waals surface area contributed by atoms with E-state index in [9.17, 15) is 19.7 Å². The van der Waals surface area contributed by atoms with Crippen LogP contribution in [0.3, 0.4) is 0 Å². The van der Waals surface area contributed by atoms with E-state index in [0.29, 0.717) is 0 Å². The normalized spacial score (nSPS) is 12.9. The number of nitrogens with zero attached hydrogens (tertiary/aromatic N) is 1.